The van der Waals surface area contributed by atoms with E-state index in [1.54, 1.807) is 0 Å². The molecule has 1 rings (SSSR count). The second-order valence-electron chi connectivity index (χ2n) is 4.31. The Morgan fingerprint density at radius 3 is 2.72 bits per heavy atom. The molecule has 0 aliphatic carbocycles. The molecule has 0 fully saturated rings. The zero-order chi connectivity index (χ0) is 13.7. The van der Waals surface area contributed by atoms with Gasteiger partial charge in [0, 0.05) is 17.3 Å². The van der Waals surface area contributed by atoms with Crippen LogP contribution in [-0.2, 0) is 4.79 Å². The fraction of sp³-hybridized carbons (Fsp3) is 0.538. The molecular formula is C13H19N3OS. The lowest BCUT2D eigenvalue weighted by atomic mass is 10.2. The third kappa shape index (κ3) is 3.56. The van der Waals surface area contributed by atoms with Crippen LogP contribution in [0.25, 0.3) is 0 Å². The van der Waals surface area contributed by atoms with Gasteiger partial charge in [-0.2, -0.15) is 5.26 Å². The molecule has 2 N–H and O–H groups in total. The normalized spacial score (nSPS) is 11.9. The van der Waals surface area contributed by atoms with E-state index < -0.39 is 0 Å². The van der Waals surface area contributed by atoms with Crippen LogP contribution in [0.2, 0.25) is 0 Å². The van der Waals surface area contributed by atoms with Gasteiger partial charge in [-0.15, -0.1) is 11.3 Å². The number of hydrogen-bond donors (Lipinski definition) is 2. The topological polar surface area (TPSA) is 64.9 Å². The number of anilines is 1. The first kappa shape index (κ1) is 14.7. The van der Waals surface area contributed by atoms with Crippen LogP contribution in [-0.4, -0.2) is 18.5 Å². The second kappa shape index (κ2) is 6.53. The minimum absolute atomic E-state index is 0.0544. The Labute approximate surface area is 112 Å². The minimum Gasteiger partial charge on any atom is -0.317 e. The van der Waals surface area contributed by atoms with Gasteiger partial charge in [-0.25, -0.2) is 0 Å². The Balaban J connectivity index is 2.71. The third-order valence-corrected chi connectivity index (χ3v) is 3.92. The lowest BCUT2D eigenvalue weighted by molar-refractivity contribution is -0.116. The molecule has 0 saturated heterocycles. The van der Waals surface area contributed by atoms with Crippen LogP contribution < -0.4 is 10.6 Å². The number of nitrogens with one attached hydrogen (secondary N) is 2. The Kier molecular flexibility index (Phi) is 5.32. The monoisotopic (exact) mass is 265 g/mol. The number of hydrogen-bond acceptors (Lipinski definition) is 4. The van der Waals surface area contributed by atoms with Crippen molar-refractivity contribution in [1.29, 1.82) is 5.26 Å². The SMILES string of the molecule is CCNC(C)CC(=O)Nc1sc(C)c(C)c1C#N. The van der Waals surface area contributed by atoms with E-state index in [9.17, 15) is 4.79 Å². The predicted molar refractivity (Wildman–Crippen MR) is 74.9 cm³/mol. The fourth-order valence-corrected chi connectivity index (χ4v) is 2.75. The molecule has 4 nitrogen and oxygen atoms in total. The molecule has 0 radical (unpaired) electrons. The Bertz CT molecular complexity index is 473. The van der Waals surface area contributed by atoms with Crippen LogP contribution in [0.15, 0.2) is 0 Å². The van der Waals surface area contributed by atoms with Crippen molar-refractivity contribution in [3.8, 4) is 6.07 Å². The van der Waals surface area contributed by atoms with Gasteiger partial charge < -0.3 is 10.6 Å². The molecular weight excluding hydrogens is 246 g/mol. The summed E-state index contributed by atoms with van der Waals surface area (Å²) in [5.74, 6) is -0.0544. The molecule has 1 amide bonds. The van der Waals surface area contributed by atoms with Gasteiger partial charge in [0.2, 0.25) is 5.91 Å². The maximum atomic E-state index is 11.8. The molecule has 0 bridgehead atoms. The summed E-state index contributed by atoms with van der Waals surface area (Å²) in [6, 6.07) is 2.29. The Morgan fingerprint density at radius 2 is 2.17 bits per heavy atom. The average molecular weight is 265 g/mol. The summed E-state index contributed by atoms with van der Waals surface area (Å²) < 4.78 is 0. The van der Waals surface area contributed by atoms with Crippen molar-refractivity contribution in [3.05, 3.63) is 16.0 Å². The van der Waals surface area contributed by atoms with E-state index in [0.717, 1.165) is 17.0 Å². The summed E-state index contributed by atoms with van der Waals surface area (Å²) in [4.78, 5) is 12.9. The molecule has 0 aliphatic heterocycles. The zero-order valence-corrected chi connectivity index (χ0v) is 12.1. The number of carbonyl (C=O) groups excluding carboxylic acids is 1. The third-order valence-electron chi connectivity index (χ3n) is 2.79. The number of rotatable bonds is 5. The van der Waals surface area contributed by atoms with E-state index in [0.29, 0.717) is 17.0 Å². The zero-order valence-electron chi connectivity index (χ0n) is 11.3. The van der Waals surface area contributed by atoms with Crippen LogP contribution in [0.4, 0.5) is 5.00 Å². The lowest BCUT2D eigenvalue weighted by Gasteiger charge is -2.11. The molecule has 1 heterocycles. The highest BCUT2D eigenvalue weighted by atomic mass is 32.1. The van der Waals surface area contributed by atoms with Gasteiger partial charge in [0.15, 0.2) is 0 Å². The highest BCUT2D eigenvalue weighted by Crippen LogP contribution is 2.31. The molecule has 0 aliphatic rings. The molecule has 1 unspecified atom stereocenters. The van der Waals surface area contributed by atoms with E-state index in [4.69, 9.17) is 5.26 Å². The lowest BCUT2D eigenvalue weighted by Crippen LogP contribution is -2.30. The highest BCUT2D eigenvalue weighted by Gasteiger charge is 2.15. The maximum absolute atomic E-state index is 11.8. The molecule has 98 valence electrons. The van der Waals surface area contributed by atoms with Crippen molar-refractivity contribution in [2.24, 2.45) is 0 Å². The van der Waals surface area contributed by atoms with Crippen LogP contribution in [0.3, 0.4) is 0 Å². The molecule has 1 aromatic rings. The first-order valence-electron chi connectivity index (χ1n) is 6.02. The summed E-state index contributed by atoms with van der Waals surface area (Å²) in [5.41, 5.74) is 1.54. The number of amides is 1. The molecule has 18 heavy (non-hydrogen) atoms. The van der Waals surface area contributed by atoms with Gasteiger partial charge in [-0.05, 0) is 32.9 Å². The largest absolute Gasteiger partial charge is 0.317 e. The summed E-state index contributed by atoms with van der Waals surface area (Å²) in [7, 11) is 0. The summed E-state index contributed by atoms with van der Waals surface area (Å²) >= 11 is 1.46. The Hall–Kier alpha value is -1.38. The van der Waals surface area contributed by atoms with Gasteiger partial charge in [-0.3, -0.25) is 4.79 Å². The van der Waals surface area contributed by atoms with Crippen molar-refractivity contribution in [2.75, 3.05) is 11.9 Å². The van der Waals surface area contributed by atoms with Gasteiger partial charge in [0.1, 0.15) is 11.1 Å². The van der Waals surface area contributed by atoms with Crippen LogP contribution in [0.1, 0.15) is 36.3 Å². The minimum atomic E-state index is -0.0544. The van der Waals surface area contributed by atoms with Crippen molar-refractivity contribution in [1.82, 2.24) is 5.32 Å². The van der Waals surface area contributed by atoms with Crippen molar-refractivity contribution in [3.63, 3.8) is 0 Å². The smallest absolute Gasteiger partial charge is 0.226 e. The van der Waals surface area contributed by atoms with Crippen molar-refractivity contribution >= 4 is 22.2 Å². The van der Waals surface area contributed by atoms with Gasteiger partial charge in [-0.1, -0.05) is 6.92 Å². The average Bonchev–Trinajstić information content (AvgIpc) is 2.54. The van der Waals surface area contributed by atoms with Gasteiger partial charge in [0.05, 0.1) is 5.56 Å². The summed E-state index contributed by atoms with van der Waals surface area (Å²) in [5, 5.41) is 15.8. The standard InChI is InChI=1S/C13H19N3OS/c1-5-15-8(2)6-12(17)16-13-11(7-14)9(3)10(4)18-13/h8,15H,5-6H2,1-4H3,(H,16,17). The molecule has 0 spiro atoms. The first-order chi connectivity index (χ1) is 8.49. The molecule has 0 saturated carbocycles. The molecule has 1 aromatic heterocycles. The highest BCUT2D eigenvalue weighted by molar-refractivity contribution is 7.16. The van der Waals surface area contributed by atoms with Crippen LogP contribution in [0, 0.1) is 25.2 Å². The second-order valence-corrected chi connectivity index (χ2v) is 5.53. The maximum Gasteiger partial charge on any atom is 0.226 e. The van der Waals surface area contributed by atoms with Crippen LogP contribution in [0.5, 0.6) is 0 Å². The van der Waals surface area contributed by atoms with E-state index in [-0.39, 0.29) is 11.9 Å². The van der Waals surface area contributed by atoms with E-state index in [2.05, 4.69) is 16.7 Å². The van der Waals surface area contributed by atoms with E-state index in [1.165, 1.54) is 11.3 Å². The number of nitrogens with zero attached hydrogens (tertiary/aromatic N) is 1. The quantitative estimate of drug-likeness (QED) is 0.860. The summed E-state index contributed by atoms with van der Waals surface area (Å²) in [6.45, 7) is 8.68. The van der Waals surface area contributed by atoms with Crippen LogP contribution >= 0.6 is 11.3 Å². The van der Waals surface area contributed by atoms with Gasteiger partial charge in [0.25, 0.3) is 0 Å². The fourth-order valence-electron chi connectivity index (χ4n) is 1.73. The first-order valence-corrected chi connectivity index (χ1v) is 6.84. The number of aryl methyl sites for hydroxylation is 1. The van der Waals surface area contributed by atoms with Gasteiger partial charge >= 0.3 is 0 Å². The Morgan fingerprint density at radius 1 is 1.50 bits per heavy atom. The van der Waals surface area contributed by atoms with Crippen molar-refractivity contribution in [2.45, 2.75) is 40.2 Å². The molecule has 0 aromatic carbocycles. The molecule has 1 atom stereocenters. The summed E-state index contributed by atoms with van der Waals surface area (Å²) in [6.07, 6.45) is 0.411. The van der Waals surface area contributed by atoms with E-state index in [1.807, 2.05) is 27.7 Å². The number of carbonyl (C=O) groups is 1. The number of nitriles is 1. The van der Waals surface area contributed by atoms with E-state index >= 15 is 0 Å². The predicted octanol–water partition coefficient (Wildman–Crippen LogP) is 2.56. The number of thiophene rings is 1. The molecule has 5 heteroatoms. The van der Waals surface area contributed by atoms with Crippen molar-refractivity contribution < 1.29 is 4.79 Å².